The number of aromatic amines is 1. The van der Waals surface area contributed by atoms with Crippen molar-refractivity contribution >= 4 is 11.0 Å². The maximum absolute atomic E-state index is 12.4. The summed E-state index contributed by atoms with van der Waals surface area (Å²) in [6.45, 7) is -2.84. The lowest BCUT2D eigenvalue weighted by atomic mass is 10.0. The lowest BCUT2D eigenvalue weighted by Gasteiger charge is -2.10. The van der Waals surface area contributed by atoms with E-state index in [9.17, 15) is 8.78 Å². The van der Waals surface area contributed by atoms with Gasteiger partial charge in [0.15, 0.2) is 0 Å². The average Bonchev–Trinajstić information content (AvgIpc) is 2.86. The van der Waals surface area contributed by atoms with E-state index < -0.39 is 6.61 Å². The molecule has 0 saturated heterocycles. The molecule has 19 heavy (non-hydrogen) atoms. The number of nitrogens with zero attached hydrogens (tertiary/aromatic N) is 1. The van der Waals surface area contributed by atoms with Gasteiger partial charge in [0.2, 0.25) is 0 Å². The molecule has 0 radical (unpaired) electrons. The molecule has 0 bridgehead atoms. The molecule has 0 aliphatic heterocycles. The van der Waals surface area contributed by atoms with Crippen molar-refractivity contribution < 1.29 is 13.5 Å². The van der Waals surface area contributed by atoms with Crippen LogP contribution in [-0.2, 0) is 0 Å². The zero-order valence-electron chi connectivity index (χ0n) is 9.81. The topological polar surface area (TPSA) is 37.9 Å². The van der Waals surface area contributed by atoms with Crippen molar-refractivity contribution in [1.82, 2.24) is 9.97 Å². The first kappa shape index (κ1) is 11.6. The Morgan fingerprint density at radius 2 is 1.95 bits per heavy atom. The lowest BCUT2D eigenvalue weighted by Crippen LogP contribution is -2.02. The van der Waals surface area contributed by atoms with Crippen LogP contribution in [0.2, 0.25) is 0 Å². The molecule has 0 aliphatic rings. The first-order chi connectivity index (χ1) is 9.24. The number of ether oxygens (including phenoxy) is 1. The predicted octanol–water partition coefficient (Wildman–Crippen LogP) is 3.83. The highest BCUT2D eigenvalue weighted by Crippen LogP contribution is 2.32. The smallest absolute Gasteiger partial charge is 0.387 e. The van der Waals surface area contributed by atoms with Crippen molar-refractivity contribution in [3.8, 4) is 16.9 Å². The molecule has 3 nitrogen and oxygen atoms in total. The number of hydrogen-bond donors (Lipinski definition) is 1. The van der Waals surface area contributed by atoms with Crippen molar-refractivity contribution in [1.29, 1.82) is 0 Å². The van der Waals surface area contributed by atoms with Crippen molar-refractivity contribution in [2.75, 3.05) is 0 Å². The minimum Gasteiger partial charge on any atom is -0.434 e. The molecular formula is C14H10F2N2O. The first-order valence-corrected chi connectivity index (χ1v) is 5.71. The minimum absolute atomic E-state index is 0.160. The summed E-state index contributed by atoms with van der Waals surface area (Å²) in [4.78, 5) is 7.13. The number of fused-ring (bicyclic) bond motifs is 1. The molecule has 0 spiro atoms. The summed E-state index contributed by atoms with van der Waals surface area (Å²) in [5.74, 6) is 0.160. The van der Waals surface area contributed by atoms with Gasteiger partial charge in [-0.3, -0.25) is 0 Å². The van der Waals surface area contributed by atoms with Crippen LogP contribution in [0, 0.1) is 0 Å². The number of imidazole rings is 1. The van der Waals surface area contributed by atoms with E-state index in [1.807, 2.05) is 18.2 Å². The molecule has 0 atom stereocenters. The number of benzene rings is 2. The molecule has 1 N–H and O–H groups in total. The van der Waals surface area contributed by atoms with Gasteiger partial charge >= 0.3 is 6.61 Å². The largest absolute Gasteiger partial charge is 0.434 e. The van der Waals surface area contributed by atoms with Crippen LogP contribution in [-0.4, -0.2) is 16.6 Å². The molecule has 0 saturated carbocycles. The number of H-pyrrole nitrogens is 1. The van der Waals surface area contributed by atoms with Crippen LogP contribution in [0.1, 0.15) is 0 Å². The van der Waals surface area contributed by atoms with Crippen LogP contribution in [0.15, 0.2) is 48.8 Å². The number of nitrogens with one attached hydrogen (secondary N) is 1. The van der Waals surface area contributed by atoms with E-state index in [1.54, 1.807) is 24.5 Å². The van der Waals surface area contributed by atoms with E-state index in [0.717, 1.165) is 16.6 Å². The highest BCUT2D eigenvalue weighted by Gasteiger charge is 2.11. The van der Waals surface area contributed by atoms with Gasteiger partial charge in [0, 0.05) is 5.56 Å². The molecule has 1 aromatic heterocycles. The third kappa shape index (κ3) is 2.27. The van der Waals surface area contributed by atoms with Gasteiger partial charge in [0.05, 0.1) is 17.4 Å². The molecular weight excluding hydrogens is 250 g/mol. The highest BCUT2D eigenvalue weighted by atomic mass is 19.3. The molecule has 3 aromatic rings. The summed E-state index contributed by atoms with van der Waals surface area (Å²) >= 11 is 0. The van der Waals surface area contributed by atoms with Gasteiger partial charge in [0.25, 0.3) is 0 Å². The Kier molecular flexibility index (Phi) is 2.87. The second kappa shape index (κ2) is 4.68. The number of hydrogen-bond acceptors (Lipinski definition) is 2. The van der Waals surface area contributed by atoms with E-state index in [2.05, 4.69) is 14.7 Å². The zero-order chi connectivity index (χ0) is 13.2. The normalized spacial score (nSPS) is 11.1. The highest BCUT2D eigenvalue weighted by molar-refractivity contribution is 5.83. The molecule has 5 heteroatoms. The van der Waals surface area contributed by atoms with Crippen molar-refractivity contribution in [3.05, 3.63) is 48.8 Å². The van der Waals surface area contributed by atoms with Crippen molar-refractivity contribution in [2.45, 2.75) is 6.61 Å². The van der Waals surface area contributed by atoms with Crippen LogP contribution in [0.4, 0.5) is 8.78 Å². The van der Waals surface area contributed by atoms with Crippen LogP contribution in [0.25, 0.3) is 22.2 Å². The van der Waals surface area contributed by atoms with Gasteiger partial charge in [0.1, 0.15) is 5.75 Å². The number of rotatable bonds is 3. The molecule has 1 heterocycles. The van der Waals surface area contributed by atoms with Gasteiger partial charge in [-0.15, -0.1) is 0 Å². The summed E-state index contributed by atoms with van der Waals surface area (Å²) in [7, 11) is 0. The fraction of sp³-hybridized carbons (Fsp3) is 0.0714. The maximum Gasteiger partial charge on any atom is 0.387 e. The van der Waals surface area contributed by atoms with E-state index in [1.165, 1.54) is 6.07 Å². The van der Waals surface area contributed by atoms with E-state index in [4.69, 9.17) is 0 Å². The average molecular weight is 260 g/mol. The van der Waals surface area contributed by atoms with Gasteiger partial charge in [-0.05, 0) is 23.8 Å². The van der Waals surface area contributed by atoms with E-state index in [0.29, 0.717) is 5.56 Å². The monoisotopic (exact) mass is 260 g/mol. The number of alkyl halides is 2. The summed E-state index contributed by atoms with van der Waals surface area (Å²) in [6, 6.07) is 12.2. The molecule has 0 aliphatic carbocycles. The van der Waals surface area contributed by atoms with E-state index >= 15 is 0 Å². The van der Waals surface area contributed by atoms with Gasteiger partial charge in [-0.1, -0.05) is 24.3 Å². The van der Waals surface area contributed by atoms with Crippen LogP contribution < -0.4 is 4.74 Å². The second-order valence-corrected chi connectivity index (χ2v) is 4.01. The third-order valence-corrected chi connectivity index (χ3v) is 2.84. The van der Waals surface area contributed by atoms with Gasteiger partial charge < -0.3 is 9.72 Å². The minimum atomic E-state index is -2.84. The Morgan fingerprint density at radius 1 is 1.11 bits per heavy atom. The van der Waals surface area contributed by atoms with Crippen LogP contribution in [0.3, 0.4) is 0 Å². The molecule has 2 aromatic carbocycles. The SMILES string of the molecule is FC(F)Oc1ccccc1-c1ccc2[nH]cnc2c1. The molecule has 0 fully saturated rings. The molecule has 96 valence electrons. The Balaban J connectivity index is 2.09. The Bertz CT molecular complexity index is 709. The Morgan fingerprint density at radius 3 is 2.79 bits per heavy atom. The number of aromatic nitrogens is 2. The lowest BCUT2D eigenvalue weighted by molar-refractivity contribution is -0.0494. The molecule has 3 rings (SSSR count). The Labute approximate surface area is 107 Å². The van der Waals surface area contributed by atoms with Crippen molar-refractivity contribution in [2.24, 2.45) is 0 Å². The summed E-state index contributed by atoms with van der Waals surface area (Å²) in [5, 5.41) is 0. The fourth-order valence-corrected chi connectivity index (χ4v) is 2.00. The summed E-state index contributed by atoms with van der Waals surface area (Å²) in [5.41, 5.74) is 3.09. The maximum atomic E-state index is 12.4. The van der Waals surface area contributed by atoms with Crippen LogP contribution in [0.5, 0.6) is 5.75 Å². The van der Waals surface area contributed by atoms with E-state index in [-0.39, 0.29) is 5.75 Å². The zero-order valence-corrected chi connectivity index (χ0v) is 9.81. The predicted molar refractivity (Wildman–Crippen MR) is 68.2 cm³/mol. The van der Waals surface area contributed by atoms with Gasteiger partial charge in [-0.25, -0.2) is 4.98 Å². The summed E-state index contributed by atoms with van der Waals surface area (Å²) < 4.78 is 29.3. The number of halogens is 2. The molecule has 0 unspecified atom stereocenters. The summed E-state index contributed by atoms with van der Waals surface area (Å²) in [6.07, 6.45) is 1.59. The Hall–Kier alpha value is -2.43. The molecule has 0 amide bonds. The third-order valence-electron chi connectivity index (χ3n) is 2.84. The standard InChI is InChI=1S/C14H10F2N2O/c15-14(16)19-13-4-2-1-3-10(13)9-5-6-11-12(7-9)18-8-17-11/h1-8,14H,(H,17,18). The fourth-order valence-electron chi connectivity index (χ4n) is 2.00. The quantitative estimate of drug-likeness (QED) is 0.777. The van der Waals surface area contributed by atoms with Crippen molar-refractivity contribution in [3.63, 3.8) is 0 Å². The first-order valence-electron chi connectivity index (χ1n) is 5.71. The van der Waals surface area contributed by atoms with Crippen LogP contribution >= 0.6 is 0 Å². The van der Waals surface area contributed by atoms with Gasteiger partial charge in [-0.2, -0.15) is 8.78 Å². The number of para-hydroxylation sites is 1. The second-order valence-electron chi connectivity index (χ2n) is 4.01.